The molecular weight excluding hydrogens is 217 g/mol. The van der Waals surface area contributed by atoms with Gasteiger partial charge in [0.1, 0.15) is 0 Å². The van der Waals surface area contributed by atoms with Crippen LogP contribution in [0.5, 0.6) is 0 Å². The average Bonchev–Trinajstić information content (AvgIpc) is 2.19. The Kier molecular flexibility index (Phi) is 8.66. The molecule has 0 saturated heterocycles. The van der Waals surface area contributed by atoms with Gasteiger partial charge >= 0.3 is 6.18 Å². The van der Waals surface area contributed by atoms with Gasteiger partial charge in [-0.1, -0.05) is 12.8 Å². The molecule has 0 aromatic carbocycles. The van der Waals surface area contributed by atoms with E-state index in [0.717, 1.165) is 38.8 Å². The van der Waals surface area contributed by atoms with Crippen LogP contribution in [0.4, 0.5) is 13.2 Å². The molecule has 0 saturated carbocycles. The normalized spacial score (nSPS) is 12.4. The highest BCUT2D eigenvalue weighted by Gasteiger charge is 2.26. The van der Waals surface area contributed by atoms with Crippen molar-refractivity contribution in [3.8, 4) is 0 Å². The van der Waals surface area contributed by atoms with Crippen LogP contribution < -0.4 is 5.32 Å². The second kappa shape index (κ2) is 8.82. The number of hydrogen-bond acceptors (Lipinski definition) is 2. The van der Waals surface area contributed by atoms with E-state index >= 15 is 0 Å². The van der Waals surface area contributed by atoms with E-state index in [9.17, 15) is 13.2 Å². The molecule has 0 rings (SSSR count). The molecule has 98 valence electrons. The molecule has 0 heterocycles. The molecular formula is C11H23F3N2. The maximum absolute atomic E-state index is 11.9. The van der Waals surface area contributed by atoms with E-state index in [2.05, 4.69) is 5.32 Å². The second-order valence-electron chi connectivity index (χ2n) is 4.19. The van der Waals surface area contributed by atoms with E-state index in [1.807, 2.05) is 7.05 Å². The molecule has 0 aromatic heterocycles. The predicted octanol–water partition coefficient (Wildman–Crippen LogP) is 2.65. The Balaban J connectivity index is 3.27. The summed E-state index contributed by atoms with van der Waals surface area (Å²) in [6.07, 6.45) is -0.364. The van der Waals surface area contributed by atoms with Crippen molar-refractivity contribution in [1.82, 2.24) is 10.2 Å². The minimum atomic E-state index is -4.03. The van der Waals surface area contributed by atoms with Gasteiger partial charge < -0.3 is 10.2 Å². The summed E-state index contributed by atoms with van der Waals surface area (Å²) < 4.78 is 35.7. The third-order valence-corrected chi connectivity index (χ3v) is 2.49. The van der Waals surface area contributed by atoms with Crippen molar-refractivity contribution in [1.29, 1.82) is 0 Å². The van der Waals surface area contributed by atoms with Gasteiger partial charge in [0.15, 0.2) is 0 Å². The van der Waals surface area contributed by atoms with Crippen LogP contribution in [-0.4, -0.2) is 44.8 Å². The largest absolute Gasteiger partial charge is 0.390 e. The topological polar surface area (TPSA) is 15.3 Å². The molecule has 0 amide bonds. The van der Waals surface area contributed by atoms with Crippen molar-refractivity contribution >= 4 is 0 Å². The Morgan fingerprint density at radius 2 is 1.62 bits per heavy atom. The molecule has 16 heavy (non-hydrogen) atoms. The van der Waals surface area contributed by atoms with Gasteiger partial charge in [0.05, 0.1) is 6.42 Å². The highest BCUT2D eigenvalue weighted by molar-refractivity contribution is 4.57. The smallest absolute Gasteiger partial charge is 0.320 e. The van der Waals surface area contributed by atoms with E-state index in [4.69, 9.17) is 0 Å². The van der Waals surface area contributed by atoms with Gasteiger partial charge in [0, 0.05) is 6.54 Å². The Labute approximate surface area is 96.2 Å². The molecule has 5 heteroatoms. The first-order valence-electron chi connectivity index (χ1n) is 5.85. The highest BCUT2D eigenvalue weighted by atomic mass is 19.4. The summed E-state index contributed by atoms with van der Waals surface area (Å²) in [5.74, 6) is 0. The fraction of sp³-hybridized carbons (Fsp3) is 1.00. The van der Waals surface area contributed by atoms with E-state index < -0.39 is 12.6 Å². The second-order valence-corrected chi connectivity index (χ2v) is 4.19. The van der Waals surface area contributed by atoms with Gasteiger partial charge in [-0.3, -0.25) is 0 Å². The van der Waals surface area contributed by atoms with E-state index in [0.29, 0.717) is 0 Å². The zero-order valence-corrected chi connectivity index (χ0v) is 10.2. The molecule has 0 aliphatic carbocycles. The third-order valence-electron chi connectivity index (χ3n) is 2.49. The van der Waals surface area contributed by atoms with E-state index in [-0.39, 0.29) is 6.54 Å². The summed E-state index contributed by atoms with van der Waals surface area (Å²) >= 11 is 0. The lowest BCUT2D eigenvalue weighted by atomic mass is 10.2. The van der Waals surface area contributed by atoms with E-state index in [1.165, 1.54) is 0 Å². The van der Waals surface area contributed by atoms with Gasteiger partial charge in [0.2, 0.25) is 0 Å². The Morgan fingerprint density at radius 3 is 2.19 bits per heavy atom. The standard InChI is InChI=1S/C11H23F3N2/c1-15-8-5-3-4-6-9-16(2)10-7-11(12,13)14/h15H,3-10H2,1-2H3. The first kappa shape index (κ1) is 15.7. The van der Waals surface area contributed by atoms with Gasteiger partial charge in [-0.05, 0) is 40.0 Å². The fourth-order valence-electron chi connectivity index (χ4n) is 1.47. The van der Waals surface area contributed by atoms with Crippen molar-refractivity contribution in [2.45, 2.75) is 38.3 Å². The molecule has 2 nitrogen and oxygen atoms in total. The van der Waals surface area contributed by atoms with Crippen molar-refractivity contribution in [2.75, 3.05) is 33.7 Å². The number of alkyl halides is 3. The Bertz CT molecular complexity index is 160. The van der Waals surface area contributed by atoms with Crippen molar-refractivity contribution in [3.05, 3.63) is 0 Å². The van der Waals surface area contributed by atoms with Gasteiger partial charge in [-0.25, -0.2) is 0 Å². The summed E-state index contributed by atoms with van der Waals surface area (Å²) in [5.41, 5.74) is 0. The molecule has 0 aliphatic heterocycles. The lowest BCUT2D eigenvalue weighted by molar-refractivity contribution is -0.137. The number of halogens is 3. The van der Waals surface area contributed by atoms with Crippen molar-refractivity contribution < 1.29 is 13.2 Å². The van der Waals surface area contributed by atoms with Gasteiger partial charge in [-0.15, -0.1) is 0 Å². The summed E-state index contributed by atoms with van der Waals surface area (Å²) in [4.78, 5) is 1.76. The zero-order chi connectivity index (χ0) is 12.4. The number of hydrogen-bond donors (Lipinski definition) is 1. The molecule has 0 radical (unpaired) electrons. The molecule has 0 bridgehead atoms. The minimum absolute atomic E-state index is 0.111. The van der Waals surface area contributed by atoms with Crippen LogP contribution in [0, 0.1) is 0 Å². The molecule has 0 aromatic rings. The SMILES string of the molecule is CNCCCCCCN(C)CCC(F)(F)F. The fourth-order valence-corrected chi connectivity index (χ4v) is 1.47. The maximum Gasteiger partial charge on any atom is 0.390 e. The third kappa shape index (κ3) is 11.8. The Morgan fingerprint density at radius 1 is 1.00 bits per heavy atom. The number of unbranched alkanes of at least 4 members (excludes halogenated alkanes) is 3. The van der Waals surface area contributed by atoms with E-state index in [1.54, 1.807) is 11.9 Å². The zero-order valence-electron chi connectivity index (χ0n) is 10.2. The quantitative estimate of drug-likeness (QED) is 0.623. The van der Waals surface area contributed by atoms with Crippen LogP contribution in [0.25, 0.3) is 0 Å². The van der Waals surface area contributed by atoms with Gasteiger partial charge in [0.25, 0.3) is 0 Å². The first-order valence-corrected chi connectivity index (χ1v) is 5.85. The first-order chi connectivity index (χ1) is 7.45. The number of rotatable bonds is 9. The molecule has 0 spiro atoms. The van der Waals surface area contributed by atoms with Crippen LogP contribution >= 0.6 is 0 Å². The van der Waals surface area contributed by atoms with Crippen molar-refractivity contribution in [2.24, 2.45) is 0 Å². The summed E-state index contributed by atoms with van der Waals surface area (Å²) in [5, 5.41) is 3.07. The van der Waals surface area contributed by atoms with Crippen LogP contribution in [0.2, 0.25) is 0 Å². The van der Waals surface area contributed by atoms with Crippen LogP contribution in [0.15, 0.2) is 0 Å². The lowest BCUT2D eigenvalue weighted by Gasteiger charge is -2.17. The molecule has 1 N–H and O–H groups in total. The molecule has 0 aliphatic rings. The van der Waals surface area contributed by atoms with Crippen LogP contribution in [0.3, 0.4) is 0 Å². The maximum atomic E-state index is 11.9. The summed E-state index contributed by atoms with van der Waals surface area (Å²) in [7, 11) is 3.67. The summed E-state index contributed by atoms with van der Waals surface area (Å²) in [6, 6.07) is 0. The van der Waals surface area contributed by atoms with Crippen LogP contribution in [0.1, 0.15) is 32.1 Å². The average molecular weight is 240 g/mol. The summed E-state index contributed by atoms with van der Waals surface area (Å²) in [6.45, 7) is 1.89. The molecule has 0 unspecified atom stereocenters. The Hall–Kier alpha value is -0.290. The molecule has 0 fully saturated rings. The monoisotopic (exact) mass is 240 g/mol. The predicted molar refractivity (Wildman–Crippen MR) is 60.6 cm³/mol. The minimum Gasteiger partial charge on any atom is -0.320 e. The van der Waals surface area contributed by atoms with Crippen molar-refractivity contribution in [3.63, 3.8) is 0 Å². The lowest BCUT2D eigenvalue weighted by Crippen LogP contribution is -2.25. The highest BCUT2D eigenvalue weighted by Crippen LogP contribution is 2.19. The number of nitrogens with zero attached hydrogens (tertiary/aromatic N) is 1. The molecule has 0 atom stereocenters. The number of nitrogens with one attached hydrogen (secondary N) is 1. The van der Waals surface area contributed by atoms with Gasteiger partial charge in [-0.2, -0.15) is 13.2 Å². The van der Waals surface area contributed by atoms with Crippen LogP contribution in [-0.2, 0) is 0 Å².